The number of hydrogen-bond donors (Lipinski definition) is 0. The Hall–Kier alpha value is -2.31. The van der Waals surface area contributed by atoms with Gasteiger partial charge in [-0.15, -0.1) is 0 Å². The molecule has 0 spiro atoms. The van der Waals surface area contributed by atoms with E-state index < -0.39 is 21.3 Å². The molecule has 4 aromatic carbocycles. The van der Waals surface area contributed by atoms with Crippen molar-refractivity contribution in [2.24, 2.45) is 17.8 Å². The molecule has 0 amide bonds. The van der Waals surface area contributed by atoms with Crippen LogP contribution in [0.4, 0.5) is 0 Å². The van der Waals surface area contributed by atoms with Crippen LogP contribution >= 0.6 is 0 Å². The van der Waals surface area contributed by atoms with Gasteiger partial charge in [0.25, 0.3) is 0 Å². The van der Waals surface area contributed by atoms with Gasteiger partial charge in [-0.1, -0.05) is 0 Å². The first kappa shape index (κ1) is 35.5. The summed E-state index contributed by atoms with van der Waals surface area (Å²) in [4.78, 5) is 0. The zero-order chi connectivity index (χ0) is 30.4. The number of aryl methyl sites for hydroxylation is 2. The maximum Gasteiger partial charge on any atom is -1.00 e. The first-order chi connectivity index (χ1) is 20.7. The quantitative estimate of drug-likeness (QED) is 0.248. The number of hydrogen-bond acceptors (Lipinski definition) is 0. The standard InChI is InChI=1S/C15H13.C14H23.C13H10.2ClH.Zr/c1-10-3-5-14-12(7-10)9-13-8-11(2)4-6-15(13)14;1-9(2)12-7-8-13(10(3)4)14(12)11(5)6;1-3-7-12(8-4-1)11-13-9-5-2-6-10-13;;;/h3-9H,1-2H3;9-11H,7H2,1-6H3;1-10H;2*1H;/q;;;;;+2/p-2. The second-order valence-corrected chi connectivity index (χ2v) is 19.8. The van der Waals surface area contributed by atoms with Crippen LogP contribution in [0.3, 0.4) is 0 Å². The van der Waals surface area contributed by atoms with Gasteiger partial charge >= 0.3 is 269 Å². The Balaban J connectivity index is 0.00000230. The number of allylic oxidation sites excluding steroid dienone is 4. The zero-order valence-corrected chi connectivity index (χ0v) is 32.0. The number of halogens is 2. The molecule has 0 unspecified atom stereocenters. The van der Waals surface area contributed by atoms with E-state index in [4.69, 9.17) is 0 Å². The van der Waals surface area contributed by atoms with Gasteiger partial charge in [-0.3, -0.25) is 0 Å². The molecule has 0 saturated carbocycles. The molecule has 0 heterocycles. The normalized spacial score (nSPS) is 13.9. The van der Waals surface area contributed by atoms with E-state index in [1.165, 1.54) is 33.4 Å². The fourth-order valence-corrected chi connectivity index (χ4v) is 17.8. The van der Waals surface area contributed by atoms with Gasteiger partial charge in [-0.2, -0.15) is 0 Å². The molecule has 0 N–H and O–H groups in total. The van der Waals surface area contributed by atoms with Crippen LogP contribution in [-0.4, -0.2) is 3.21 Å². The van der Waals surface area contributed by atoms with Gasteiger partial charge < -0.3 is 24.8 Å². The minimum atomic E-state index is -2.83. The molecule has 0 fully saturated rings. The van der Waals surface area contributed by atoms with Crippen LogP contribution in [0.1, 0.15) is 85.0 Å². The van der Waals surface area contributed by atoms with Crippen LogP contribution in [0.5, 0.6) is 0 Å². The SMILES string of the molecule is Cc1ccc2c(c1)[CH]([Zr+2]([C]1=C(C(C)C)C(C(C)C)=C(C(C)C)C1)=[C](c1ccccc1)c1ccccc1)c1cc(C)ccc1-2.[Cl-].[Cl-]. The van der Waals surface area contributed by atoms with Crippen LogP contribution in [0.25, 0.3) is 11.1 Å². The molecular formula is C42H46Cl2Zr. The minimum absolute atomic E-state index is 0. The van der Waals surface area contributed by atoms with Crippen molar-refractivity contribution >= 4 is 3.21 Å². The fourth-order valence-electron chi connectivity index (χ4n) is 7.78. The smallest absolute Gasteiger partial charge is 1.00 e. The van der Waals surface area contributed by atoms with Crippen molar-refractivity contribution in [2.75, 3.05) is 0 Å². The van der Waals surface area contributed by atoms with Crippen LogP contribution in [0.15, 0.2) is 117 Å². The predicted molar refractivity (Wildman–Crippen MR) is 182 cm³/mol. The summed E-state index contributed by atoms with van der Waals surface area (Å²) in [6.07, 6.45) is 1.15. The Labute approximate surface area is 292 Å². The molecule has 2 aliphatic rings. The summed E-state index contributed by atoms with van der Waals surface area (Å²) >= 11 is -2.83. The van der Waals surface area contributed by atoms with Crippen molar-refractivity contribution in [1.29, 1.82) is 0 Å². The molecule has 0 aliphatic heterocycles. The van der Waals surface area contributed by atoms with Gasteiger partial charge in [-0.25, -0.2) is 0 Å². The summed E-state index contributed by atoms with van der Waals surface area (Å²) in [6, 6.07) is 37.4. The van der Waals surface area contributed by atoms with Crippen molar-refractivity contribution in [1.82, 2.24) is 0 Å². The van der Waals surface area contributed by atoms with Crippen molar-refractivity contribution in [2.45, 2.75) is 65.4 Å². The molecular weight excluding hydrogens is 667 g/mol. The third-order valence-corrected chi connectivity index (χ3v) is 17.9. The summed E-state index contributed by atoms with van der Waals surface area (Å²) in [5.74, 6) is 1.58. The summed E-state index contributed by atoms with van der Waals surface area (Å²) < 4.78 is 3.92. The largest absolute Gasteiger partial charge is 1.00 e. The molecule has 0 radical (unpaired) electrons. The van der Waals surface area contributed by atoms with Gasteiger partial charge in [0.1, 0.15) is 0 Å². The topological polar surface area (TPSA) is 0 Å². The monoisotopic (exact) mass is 710 g/mol. The predicted octanol–water partition coefficient (Wildman–Crippen LogP) is 5.19. The number of fused-ring (bicyclic) bond motifs is 3. The third kappa shape index (κ3) is 6.61. The van der Waals surface area contributed by atoms with E-state index in [0.29, 0.717) is 21.4 Å². The van der Waals surface area contributed by atoms with E-state index in [0.717, 1.165) is 6.42 Å². The molecule has 4 aromatic rings. The van der Waals surface area contributed by atoms with Crippen LogP contribution in [-0.2, 0) is 21.3 Å². The number of benzene rings is 4. The average molecular weight is 713 g/mol. The third-order valence-electron chi connectivity index (χ3n) is 9.51. The molecule has 0 atom stereocenters. The van der Waals surface area contributed by atoms with Gasteiger partial charge in [0.2, 0.25) is 0 Å². The molecule has 0 aromatic heterocycles. The van der Waals surface area contributed by atoms with Gasteiger partial charge in [0.05, 0.1) is 0 Å². The molecule has 2 aliphatic carbocycles. The van der Waals surface area contributed by atoms with Gasteiger partial charge in [-0.05, 0) is 0 Å². The van der Waals surface area contributed by atoms with Crippen LogP contribution < -0.4 is 24.8 Å². The molecule has 45 heavy (non-hydrogen) atoms. The summed E-state index contributed by atoms with van der Waals surface area (Å²) in [6.45, 7) is 19.2. The first-order valence-corrected chi connectivity index (χ1v) is 20.1. The Morgan fingerprint density at radius 3 is 1.42 bits per heavy atom. The summed E-state index contributed by atoms with van der Waals surface area (Å²) in [7, 11) is 0. The molecule has 0 bridgehead atoms. The Bertz CT molecular complexity index is 1680. The van der Waals surface area contributed by atoms with Crippen molar-refractivity contribution in [3.63, 3.8) is 0 Å². The van der Waals surface area contributed by atoms with Crippen molar-refractivity contribution < 1.29 is 46.1 Å². The van der Waals surface area contributed by atoms with Crippen LogP contribution in [0.2, 0.25) is 0 Å². The minimum Gasteiger partial charge on any atom is -1.00 e. The van der Waals surface area contributed by atoms with E-state index in [9.17, 15) is 0 Å². The molecule has 6 rings (SSSR count). The maximum atomic E-state index is 2.54. The molecule has 0 nitrogen and oxygen atoms in total. The Kier molecular flexibility index (Phi) is 11.6. The average Bonchev–Trinajstić information content (AvgIpc) is 3.53. The van der Waals surface area contributed by atoms with E-state index in [2.05, 4.69) is 152 Å². The Morgan fingerprint density at radius 1 is 0.578 bits per heavy atom. The van der Waals surface area contributed by atoms with Crippen molar-refractivity contribution in [3.05, 3.63) is 150 Å². The second kappa shape index (κ2) is 14.6. The maximum absolute atomic E-state index is 2.83. The van der Waals surface area contributed by atoms with E-state index in [1.54, 1.807) is 31.1 Å². The van der Waals surface area contributed by atoms with E-state index >= 15 is 0 Å². The fraction of sp³-hybridized carbons (Fsp3) is 0.310. The second-order valence-electron chi connectivity index (χ2n) is 13.6. The molecule has 0 saturated heterocycles. The summed E-state index contributed by atoms with van der Waals surface area (Å²) in [5.41, 5.74) is 16.7. The van der Waals surface area contributed by atoms with E-state index in [1.807, 2.05) is 3.28 Å². The molecule has 232 valence electrons. The first-order valence-electron chi connectivity index (χ1n) is 16.2. The van der Waals surface area contributed by atoms with Gasteiger partial charge in [0.15, 0.2) is 0 Å². The van der Waals surface area contributed by atoms with Crippen molar-refractivity contribution in [3.8, 4) is 11.1 Å². The zero-order valence-electron chi connectivity index (χ0n) is 28.0. The Morgan fingerprint density at radius 2 is 1.02 bits per heavy atom. The summed E-state index contributed by atoms with van der Waals surface area (Å²) in [5, 5.41) is 0. The van der Waals surface area contributed by atoms with E-state index in [-0.39, 0.29) is 24.8 Å². The van der Waals surface area contributed by atoms with Gasteiger partial charge in [0, 0.05) is 0 Å². The number of rotatable bonds is 7. The molecule has 3 heteroatoms. The van der Waals surface area contributed by atoms with Crippen LogP contribution in [0, 0.1) is 31.6 Å².